The van der Waals surface area contributed by atoms with Gasteiger partial charge in [-0.1, -0.05) is 12.1 Å². The SMILES string of the molecule is COCc1ccc(C(=O)Nc2nc(C)c(C)s2)cc1. The molecule has 0 fully saturated rings. The maximum atomic E-state index is 12.0. The number of carbonyl (C=O) groups excluding carboxylic acids is 1. The summed E-state index contributed by atoms with van der Waals surface area (Å²) in [5.74, 6) is -0.141. The number of hydrogen-bond acceptors (Lipinski definition) is 4. The van der Waals surface area contributed by atoms with Gasteiger partial charge in [-0.05, 0) is 31.5 Å². The van der Waals surface area contributed by atoms with Crippen LogP contribution >= 0.6 is 11.3 Å². The molecule has 0 saturated carbocycles. The van der Waals surface area contributed by atoms with Gasteiger partial charge in [-0.2, -0.15) is 0 Å². The van der Waals surface area contributed by atoms with Crippen molar-refractivity contribution in [2.45, 2.75) is 20.5 Å². The van der Waals surface area contributed by atoms with Gasteiger partial charge in [0.1, 0.15) is 0 Å². The molecule has 1 heterocycles. The van der Waals surface area contributed by atoms with Crippen molar-refractivity contribution in [3.63, 3.8) is 0 Å². The van der Waals surface area contributed by atoms with Crippen molar-refractivity contribution in [1.29, 1.82) is 0 Å². The van der Waals surface area contributed by atoms with Crippen LogP contribution in [0.5, 0.6) is 0 Å². The summed E-state index contributed by atoms with van der Waals surface area (Å²) in [6.45, 7) is 4.47. The third kappa shape index (κ3) is 3.39. The van der Waals surface area contributed by atoms with Crippen molar-refractivity contribution in [3.05, 3.63) is 46.0 Å². The van der Waals surface area contributed by atoms with E-state index < -0.39 is 0 Å². The zero-order valence-electron chi connectivity index (χ0n) is 11.2. The summed E-state index contributed by atoms with van der Waals surface area (Å²) < 4.78 is 5.03. The molecule has 1 amide bonds. The van der Waals surface area contributed by atoms with Crippen LogP contribution in [-0.2, 0) is 11.3 Å². The van der Waals surface area contributed by atoms with Crippen molar-refractivity contribution in [3.8, 4) is 0 Å². The second kappa shape index (κ2) is 5.95. The van der Waals surface area contributed by atoms with E-state index in [9.17, 15) is 4.79 Å². The number of rotatable bonds is 4. The molecule has 0 saturated heterocycles. The first-order valence-corrected chi connectivity index (χ1v) is 6.75. The lowest BCUT2D eigenvalue weighted by molar-refractivity contribution is 0.102. The van der Waals surface area contributed by atoms with Crippen LogP contribution < -0.4 is 5.32 Å². The van der Waals surface area contributed by atoms with Crippen LogP contribution in [0.15, 0.2) is 24.3 Å². The topological polar surface area (TPSA) is 51.2 Å². The number of aromatic nitrogens is 1. The third-order valence-electron chi connectivity index (χ3n) is 2.78. The van der Waals surface area contributed by atoms with Gasteiger partial charge in [0.05, 0.1) is 12.3 Å². The monoisotopic (exact) mass is 276 g/mol. The average Bonchev–Trinajstić information content (AvgIpc) is 2.69. The van der Waals surface area contributed by atoms with E-state index in [-0.39, 0.29) is 5.91 Å². The Bertz CT molecular complexity index is 556. The highest BCUT2D eigenvalue weighted by Crippen LogP contribution is 2.21. The Morgan fingerprint density at radius 2 is 2.00 bits per heavy atom. The molecule has 1 aromatic heterocycles. The number of carbonyl (C=O) groups is 1. The Labute approximate surface area is 116 Å². The van der Waals surface area contributed by atoms with Crippen LogP contribution in [-0.4, -0.2) is 18.0 Å². The Balaban J connectivity index is 2.07. The average molecular weight is 276 g/mol. The molecule has 1 N–H and O–H groups in total. The van der Waals surface area contributed by atoms with E-state index in [1.807, 2.05) is 26.0 Å². The zero-order valence-corrected chi connectivity index (χ0v) is 12.0. The molecule has 4 nitrogen and oxygen atoms in total. The summed E-state index contributed by atoms with van der Waals surface area (Å²) in [6.07, 6.45) is 0. The molecule has 1 aromatic carbocycles. The lowest BCUT2D eigenvalue weighted by Gasteiger charge is -2.03. The molecule has 0 atom stereocenters. The second-order valence-electron chi connectivity index (χ2n) is 4.24. The van der Waals surface area contributed by atoms with Crippen molar-refractivity contribution in [1.82, 2.24) is 4.98 Å². The van der Waals surface area contributed by atoms with Gasteiger partial charge in [-0.25, -0.2) is 4.98 Å². The smallest absolute Gasteiger partial charge is 0.257 e. The molecule has 0 bridgehead atoms. The number of hydrogen-bond donors (Lipinski definition) is 1. The summed E-state index contributed by atoms with van der Waals surface area (Å²) in [7, 11) is 1.65. The van der Waals surface area contributed by atoms with E-state index in [4.69, 9.17) is 4.74 Å². The fraction of sp³-hybridized carbons (Fsp3) is 0.286. The van der Waals surface area contributed by atoms with Gasteiger partial charge in [-0.15, -0.1) is 11.3 Å². The molecule has 0 unspecified atom stereocenters. The van der Waals surface area contributed by atoms with Gasteiger partial charge in [0, 0.05) is 17.6 Å². The maximum absolute atomic E-state index is 12.0. The van der Waals surface area contributed by atoms with Crippen LogP contribution in [0.2, 0.25) is 0 Å². The largest absolute Gasteiger partial charge is 0.380 e. The quantitative estimate of drug-likeness (QED) is 0.933. The number of anilines is 1. The van der Waals surface area contributed by atoms with E-state index in [1.54, 1.807) is 19.2 Å². The Morgan fingerprint density at radius 1 is 1.32 bits per heavy atom. The van der Waals surface area contributed by atoms with Gasteiger partial charge in [0.15, 0.2) is 5.13 Å². The van der Waals surface area contributed by atoms with Crippen molar-refractivity contribution < 1.29 is 9.53 Å². The van der Waals surface area contributed by atoms with Crippen LogP contribution in [0.3, 0.4) is 0 Å². The van der Waals surface area contributed by atoms with Gasteiger partial charge < -0.3 is 4.74 Å². The normalized spacial score (nSPS) is 10.5. The number of thiazole rings is 1. The molecule has 0 aliphatic rings. The standard InChI is InChI=1S/C14H16N2O2S/c1-9-10(2)19-14(15-9)16-13(17)12-6-4-11(5-7-12)8-18-3/h4-7H,8H2,1-3H3,(H,15,16,17). The van der Waals surface area contributed by atoms with E-state index in [2.05, 4.69) is 10.3 Å². The van der Waals surface area contributed by atoms with Crippen LogP contribution in [0, 0.1) is 13.8 Å². The minimum Gasteiger partial charge on any atom is -0.380 e. The number of nitrogens with zero attached hydrogens (tertiary/aromatic N) is 1. The Hall–Kier alpha value is -1.72. The lowest BCUT2D eigenvalue weighted by atomic mass is 10.1. The van der Waals surface area contributed by atoms with Crippen LogP contribution in [0.25, 0.3) is 0 Å². The second-order valence-corrected chi connectivity index (χ2v) is 5.45. The fourth-order valence-corrected chi connectivity index (χ4v) is 2.42. The van der Waals surface area contributed by atoms with E-state index in [1.165, 1.54) is 11.3 Å². The minimum absolute atomic E-state index is 0.141. The molecule has 2 aromatic rings. The summed E-state index contributed by atoms with van der Waals surface area (Å²) in [4.78, 5) is 17.4. The van der Waals surface area contributed by atoms with E-state index in [0.717, 1.165) is 16.1 Å². The minimum atomic E-state index is -0.141. The van der Waals surface area contributed by atoms with Crippen molar-refractivity contribution in [2.75, 3.05) is 12.4 Å². The third-order valence-corrected chi connectivity index (χ3v) is 3.76. The molecule has 2 rings (SSSR count). The number of methoxy groups -OCH3 is 1. The number of aryl methyl sites for hydroxylation is 2. The molecule has 100 valence electrons. The van der Waals surface area contributed by atoms with Crippen LogP contribution in [0.4, 0.5) is 5.13 Å². The number of amides is 1. The van der Waals surface area contributed by atoms with E-state index >= 15 is 0 Å². The predicted octanol–water partition coefficient (Wildman–Crippen LogP) is 3.16. The van der Waals surface area contributed by atoms with Gasteiger partial charge in [0.2, 0.25) is 0 Å². The molecule has 0 aliphatic heterocycles. The Kier molecular flexibility index (Phi) is 4.29. The molecule has 0 aliphatic carbocycles. The molecule has 19 heavy (non-hydrogen) atoms. The predicted molar refractivity (Wildman–Crippen MR) is 76.7 cm³/mol. The van der Waals surface area contributed by atoms with Crippen LogP contribution in [0.1, 0.15) is 26.5 Å². The van der Waals surface area contributed by atoms with Crippen molar-refractivity contribution in [2.24, 2.45) is 0 Å². The highest BCUT2D eigenvalue weighted by molar-refractivity contribution is 7.15. The number of ether oxygens (including phenoxy) is 1. The van der Waals surface area contributed by atoms with Gasteiger partial charge >= 0.3 is 0 Å². The van der Waals surface area contributed by atoms with Gasteiger partial charge in [0.25, 0.3) is 5.91 Å². The fourth-order valence-electron chi connectivity index (χ4n) is 1.61. The summed E-state index contributed by atoms with van der Waals surface area (Å²) in [5, 5.41) is 3.45. The molecule has 0 radical (unpaired) electrons. The summed E-state index contributed by atoms with van der Waals surface area (Å²) in [6, 6.07) is 7.35. The summed E-state index contributed by atoms with van der Waals surface area (Å²) >= 11 is 1.49. The van der Waals surface area contributed by atoms with Gasteiger partial charge in [-0.3, -0.25) is 10.1 Å². The highest BCUT2D eigenvalue weighted by Gasteiger charge is 2.09. The summed E-state index contributed by atoms with van der Waals surface area (Å²) in [5.41, 5.74) is 2.61. The number of benzene rings is 1. The first-order chi connectivity index (χ1) is 9.10. The molecule has 5 heteroatoms. The maximum Gasteiger partial charge on any atom is 0.257 e. The Morgan fingerprint density at radius 3 is 2.53 bits per heavy atom. The highest BCUT2D eigenvalue weighted by atomic mass is 32.1. The molecule has 0 spiro atoms. The van der Waals surface area contributed by atoms with Crippen molar-refractivity contribution >= 4 is 22.4 Å². The van der Waals surface area contributed by atoms with E-state index in [0.29, 0.717) is 17.3 Å². The zero-order chi connectivity index (χ0) is 13.8. The lowest BCUT2D eigenvalue weighted by Crippen LogP contribution is -2.11. The molecular formula is C14H16N2O2S. The first-order valence-electron chi connectivity index (χ1n) is 5.93. The molecular weight excluding hydrogens is 260 g/mol. The first kappa shape index (κ1) is 13.7. The number of nitrogens with one attached hydrogen (secondary N) is 1.